The molecule has 0 unspecified atom stereocenters. The van der Waals surface area contributed by atoms with E-state index in [1.54, 1.807) is 0 Å². The van der Waals surface area contributed by atoms with Crippen LogP contribution in [0, 0.1) is 13.8 Å². The van der Waals surface area contributed by atoms with Gasteiger partial charge < -0.3 is 9.88 Å². The van der Waals surface area contributed by atoms with Crippen LogP contribution < -0.4 is 5.32 Å². The van der Waals surface area contributed by atoms with E-state index in [-0.39, 0.29) is 11.7 Å². The fourth-order valence-corrected chi connectivity index (χ4v) is 3.88. The summed E-state index contributed by atoms with van der Waals surface area (Å²) in [5.74, 6) is 0.997. The van der Waals surface area contributed by atoms with Gasteiger partial charge in [0, 0.05) is 17.5 Å². The predicted molar refractivity (Wildman–Crippen MR) is 102 cm³/mol. The Labute approximate surface area is 154 Å². The Morgan fingerprint density at radius 1 is 1.32 bits per heavy atom. The maximum absolute atomic E-state index is 12.1. The zero-order valence-corrected chi connectivity index (χ0v) is 15.9. The number of hydrogen-bond acceptors (Lipinski definition) is 6. The zero-order chi connectivity index (χ0) is 17.8. The number of hydrogen-bond donors (Lipinski definition) is 1. The maximum Gasteiger partial charge on any atom is 0.236 e. The van der Waals surface area contributed by atoms with Gasteiger partial charge >= 0.3 is 0 Å². The number of thioether (sulfide) groups is 1. The van der Waals surface area contributed by atoms with Crippen LogP contribution in [-0.4, -0.2) is 31.4 Å². The standard InChI is InChI=1S/C17H19N5OS2/c1-4-22-15(13-7-5-6-11(2)8-13)20-21-17(22)25-10-14(23)19-16-18-12(3)9-24-16/h5-9H,4,10H2,1-3H3,(H,18,19,23). The lowest BCUT2D eigenvalue weighted by Crippen LogP contribution is -2.14. The summed E-state index contributed by atoms with van der Waals surface area (Å²) in [4.78, 5) is 16.3. The lowest BCUT2D eigenvalue weighted by Gasteiger charge is -2.07. The van der Waals surface area contributed by atoms with Crippen molar-refractivity contribution < 1.29 is 4.79 Å². The van der Waals surface area contributed by atoms with Gasteiger partial charge in [0.15, 0.2) is 16.1 Å². The number of aromatic nitrogens is 4. The molecule has 1 amide bonds. The van der Waals surface area contributed by atoms with Crippen molar-refractivity contribution >= 4 is 34.1 Å². The van der Waals surface area contributed by atoms with Crippen molar-refractivity contribution in [3.8, 4) is 11.4 Å². The summed E-state index contributed by atoms with van der Waals surface area (Å²) in [5.41, 5.74) is 3.11. The minimum absolute atomic E-state index is 0.0953. The number of amides is 1. The molecule has 0 saturated heterocycles. The number of carbonyl (C=O) groups is 1. The van der Waals surface area contributed by atoms with Crippen LogP contribution in [0.25, 0.3) is 11.4 Å². The van der Waals surface area contributed by atoms with E-state index in [1.165, 1.54) is 28.7 Å². The van der Waals surface area contributed by atoms with Gasteiger partial charge in [-0.05, 0) is 26.8 Å². The molecule has 2 aromatic heterocycles. The molecule has 2 heterocycles. The van der Waals surface area contributed by atoms with Crippen LogP contribution in [0.15, 0.2) is 34.8 Å². The smallest absolute Gasteiger partial charge is 0.236 e. The number of anilines is 1. The molecule has 130 valence electrons. The quantitative estimate of drug-likeness (QED) is 0.666. The van der Waals surface area contributed by atoms with Gasteiger partial charge in [0.1, 0.15) is 0 Å². The predicted octanol–water partition coefficient (Wildman–Crippen LogP) is 3.77. The van der Waals surface area contributed by atoms with Crippen molar-refractivity contribution in [2.75, 3.05) is 11.1 Å². The van der Waals surface area contributed by atoms with Gasteiger partial charge in [-0.15, -0.1) is 21.5 Å². The third kappa shape index (κ3) is 4.26. The first-order chi connectivity index (χ1) is 12.1. The molecule has 0 aliphatic carbocycles. The van der Waals surface area contributed by atoms with Crippen LogP contribution in [0.5, 0.6) is 0 Å². The van der Waals surface area contributed by atoms with E-state index in [0.717, 1.165) is 28.8 Å². The van der Waals surface area contributed by atoms with Crippen molar-refractivity contribution in [1.29, 1.82) is 0 Å². The summed E-state index contributed by atoms with van der Waals surface area (Å²) in [7, 11) is 0. The normalized spacial score (nSPS) is 10.8. The average molecular weight is 374 g/mol. The van der Waals surface area contributed by atoms with E-state index >= 15 is 0 Å². The monoisotopic (exact) mass is 373 g/mol. The highest BCUT2D eigenvalue weighted by Gasteiger charge is 2.15. The molecule has 0 aliphatic rings. The highest BCUT2D eigenvalue weighted by molar-refractivity contribution is 7.99. The lowest BCUT2D eigenvalue weighted by molar-refractivity contribution is -0.113. The number of aryl methyl sites for hydroxylation is 2. The second-order valence-corrected chi connectivity index (χ2v) is 7.35. The highest BCUT2D eigenvalue weighted by Crippen LogP contribution is 2.25. The summed E-state index contributed by atoms with van der Waals surface area (Å²) >= 11 is 2.80. The zero-order valence-electron chi connectivity index (χ0n) is 14.3. The Morgan fingerprint density at radius 3 is 2.84 bits per heavy atom. The minimum Gasteiger partial charge on any atom is -0.302 e. The summed E-state index contributed by atoms with van der Waals surface area (Å²) in [6, 6.07) is 8.17. The van der Waals surface area contributed by atoms with E-state index < -0.39 is 0 Å². The molecule has 3 aromatic rings. The molecule has 0 bridgehead atoms. The van der Waals surface area contributed by atoms with Gasteiger partial charge in [-0.3, -0.25) is 4.79 Å². The first-order valence-electron chi connectivity index (χ1n) is 7.92. The molecule has 0 radical (unpaired) electrons. The molecule has 3 rings (SSSR count). The molecule has 0 atom stereocenters. The molecule has 6 nitrogen and oxygen atoms in total. The summed E-state index contributed by atoms with van der Waals surface area (Å²) in [6.07, 6.45) is 0. The molecule has 25 heavy (non-hydrogen) atoms. The van der Waals surface area contributed by atoms with Gasteiger partial charge in [0.05, 0.1) is 11.4 Å². The second kappa shape index (κ2) is 7.79. The minimum atomic E-state index is -0.0953. The van der Waals surface area contributed by atoms with E-state index in [1.807, 2.05) is 35.9 Å². The Morgan fingerprint density at radius 2 is 2.16 bits per heavy atom. The van der Waals surface area contributed by atoms with Crippen LogP contribution in [-0.2, 0) is 11.3 Å². The fraction of sp³-hybridized carbons (Fsp3) is 0.294. The number of nitrogens with zero attached hydrogens (tertiary/aromatic N) is 4. The van der Waals surface area contributed by atoms with Crippen LogP contribution in [0.3, 0.4) is 0 Å². The highest BCUT2D eigenvalue weighted by atomic mass is 32.2. The Kier molecular flexibility index (Phi) is 5.50. The first kappa shape index (κ1) is 17.6. The number of thiazole rings is 1. The van der Waals surface area contributed by atoms with Gasteiger partial charge in [-0.2, -0.15) is 0 Å². The third-order valence-electron chi connectivity index (χ3n) is 3.51. The molecule has 8 heteroatoms. The average Bonchev–Trinajstić information content (AvgIpc) is 3.18. The molecular weight excluding hydrogens is 354 g/mol. The van der Waals surface area contributed by atoms with Crippen LogP contribution >= 0.6 is 23.1 Å². The first-order valence-corrected chi connectivity index (χ1v) is 9.78. The van der Waals surface area contributed by atoms with Gasteiger partial charge in [0.25, 0.3) is 0 Å². The van der Waals surface area contributed by atoms with E-state index in [0.29, 0.717) is 5.13 Å². The molecule has 0 saturated carbocycles. The Balaban J connectivity index is 1.69. The SMILES string of the molecule is CCn1c(SCC(=O)Nc2nc(C)cs2)nnc1-c1cccc(C)c1. The van der Waals surface area contributed by atoms with Crippen LogP contribution in [0.4, 0.5) is 5.13 Å². The van der Waals surface area contributed by atoms with Crippen LogP contribution in [0.1, 0.15) is 18.2 Å². The molecule has 0 fully saturated rings. The number of benzene rings is 1. The van der Waals surface area contributed by atoms with Crippen LogP contribution in [0.2, 0.25) is 0 Å². The van der Waals surface area contributed by atoms with E-state index in [2.05, 4.69) is 39.6 Å². The lowest BCUT2D eigenvalue weighted by atomic mass is 10.1. The maximum atomic E-state index is 12.1. The number of carbonyl (C=O) groups excluding carboxylic acids is 1. The van der Waals surface area contributed by atoms with Crippen molar-refractivity contribution in [1.82, 2.24) is 19.7 Å². The van der Waals surface area contributed by atoms with Crippen molar-refractivity contribution in [3.63, 3.8) is 0 Å². The number of rotatable bonds is 6. The summed E-state index contributed by atoms with van der Waals surface area (Å²) in [6.45, 7) is 6.74. The largest absolute Gasteiger partial charge is 0.302 e. The van der Waals surface area contributed by atoms with Gasteiger partial charge in [-0.25, -0.2) is 4.98 Å². The van der Waals surface area contributed by atoms with Gasteiger partial charge in [0.2, 0.25) is 5.91 Å². The van der Waals surface area contributed by atoms with Crippen molar-refractivity contribution in [2.24, 2.45) is 0 Å². The molecule has 0 spiro atoms. The van der Waals surface area contributed by atoms with E-state index in [4.69, 9.17) is 0 Å². The molecule has 1 N–H and O–H groups in total. The Hall–Kier alpha value is -2.19. The second-order valence-electron chi connectivity index (χ2n) is 5.55. The summed E-state index contributed by atoms with van der Waals surface area (Å²) in [5, 5.41) is 14.7. The molecule has 0 aliphatic heterocycles. The topological polar surface area (TPSA) is 72.7 Å². The summed E-state index contributed by atoms with van der Waals surface area (Å²) < 4.78 is 2.03. The molecular formula is C17H19N5OS2. The van der Waals surface area contributed by atoms with Crippen molar-refractivity contribution in [3.05, 3.63) is 40.9 Å². The molecule has 1 aromatic carbocycles. The van der Waals surface area contributed by atoms with E-state index in [9.17, 15) is 4.79 Å². The third-order valence-corrected chi connectivity index (χ3v) is 5.35. The fourth-order valence-electron chi connectivity index (χ4n) is 2.38. The van der Waals surface area contributed by atoms with Crippen molar-refractivity contribution in [2.45, 2.75) is 32.5 Å². The number of nitrogens with one attached hydrogen (secondary N) is 1. The van der Waals surface area contributed by atoms with Gasteiger partial charge in [-0.1, -0.05) is 35.5 Å². The Bertz CT molecular complexity index is 887.